The molecule has 0 atom stereocenters. The number of nitrogens with one attached hydrogen (secondary N) is 1. The average molecular weight is 259 g/mol. The third-order valence-electron chi connectivity index (χ3n) is 2.36. The molecule has 100 valence electrons. The van der Waals surface area contributed by atoms with Crippen LogP contribution in [0.3, 0.4) is 0 Å². The minimum absolute atomic E-state index is 0.171. The standard InChI is InChI=1S/C15H17NO3/c1-11(2)14(15(18)19-3)16-13(17)10-9-12-7-5-4-6-8-12/h4-10H,1-3H3,(H,16,17). The summed E-state index contributed by atoms with van der Waals surface area (Å²) in [4.78, 5) is 23.2. The third-order valence-corrected chi connectivity index (χ3v) is 2.36. The molecule has 0 heterocycles. The molecule has 4 nitrogen and oxygen atoms in total. The van der Waals surface area contributed by atoms with E-state index in [-0.39, 0.29) is 11.6 Å². The summed E-state index contributed by atoms with van der Waals surface area (Å²) >= 11 is 0. The Morgan fingerprint density at radius 3 is 2.32 bits per heavy atom. The Bertz CT molecular complexity index is 511. The summed E-state index contributed by atoms with van der Waals surface area (Å²) in [6.07, 6.45) is 3.05. The summed E-state index contributed by atoms with van der Waals surface area (Å²) in [6, 6.07) is 9.43. The van der Waals surface area contributed by atoms with Gasteiger partial charge in [-0.25, -0.2) is 4.79 Å². The van der Waals surface area contributed by atoms with E-state index in [1.807, 2.05) is 30.3 Å². The molecule has 0 aromatic heterocycles. The van der Waals surface area contributed by atoms with E-state index in [4.69, 9.17) is 0 Å². The van der Waals surface area contributed by atoms with Crippen LogP contribution >= 0.6 is 0 Å². The number of carbonyl (C=O) groups excluding carboxylic acids is 2. The summed E-state index contributed by atoms with van der Waals surface area (Å²) in [5.41, 5.74) is 1.77. The van der Waals surface area contributed by atoms with Crippen LogP contribution in [0, 0.1) is 0 Å². The minimum atomic E-state index is -0.554. The van der Waals surface area contributed by atoms with Crippen molar-refractivity contribution in [2.45, 2.75) is 13.8 Å². The second-order valence-electron chi connectivity index (χ2n) is 4.10. The Kier molecular flexibility index (Phi) is 5.54. The minimum Gasteiger partial charge on any atom is -0.464 e. The van der Waals surface area contributed by atoms with Crippen LogP contribution in [0.2, 0.25) is 0 Å². The quantitative estimate of drug-likeness (QED) is 0.666. The van der Waals surface area contributed by atoms with E-state index >= 15 is 0 Å². The van der Waals surface area contributed by atoms with Gasteiger partial charge in [0.05, 0.1) is 7.11 Å². The topological polar surface area (TPSA) is 55.4 Å². The highest BCUT2D eigenvalue weighted by Crippen LogP contribution is 2.03. The highest BCUT2D eigenvalue weighted by atomic mass is 16.5. The van der Waals surface area contributed by atoms with Crippen LogP contribution in [0.4, 0.5) is 0 Å². The highest BCUT2D eigenvalue weighted by molar-refractivity contribution is 5.99. The summed E-state index contributed by atoms with van der Waals surface area (Å²) in [7, 11) is 1.28. The lowest BCUT2D eigenvalue weighted by molar-refractivity contribution is -0.137. The van der Waals surface area contributed by atoms with Crippen molar-refractivity contribution in [2.75, 3.05) is 7.11 Å². The van der Waals surface area contributed by atoms with Crippen LogP contribution < -0.4 is 5.32 Å². The van der Waals surface area contributed by atoms with Crippen LogP contribution in [0.5, 0.6) is 0 Å². The normalized spacial score (nSPS) is 10.1. The molecule has 0 aliphatic rings. The molecule has 0 spiro atoms. The fourth-order valence-electron chi connectivity index (χ4n) is 1.38. The molecular weight excluding hydrogens is 242 g/mol. The van der Waals surface area contributed by atoms with Gasteiger partial charge in [0, 0.05) is 6.08 Å². The van der Waals surface area contributed by atoms with Gasteiger partial charge in [0.25, 0.3) is 0 Å². The lowest BCUT2D eigenvalue weighted by Crippen LogP contribution is -2.27. The van der Waals surface area contributed by atoms with E-state index < -0.39 is 5.97 Å². The Morgan fingerprint density at radius 2 is 1.79 bits per heavy atom. The van der Waals surface area contributed by atoms with Crippen LogP contribution in [0.15, 0.2) is 47.7 Å². The molecule has 0 aliphatic carbocycles. The molecule has 0 saturated heterocycles. The molecule has 0 fully saturated rings. The van der Waals surface area contributed by atoms with Gasteiger partial charge >= 0.3 is 5.97 Å². The molecule has 0 unspecified atom stereocenters. The van der Waals surface area contributed by atoms with Crippen molar-refractivity contribution in [3.05, 3.63) is 53.2 Å². The van der Waals surface area contributed by atoms with Gasteiger partial charge in [-0.05, 0) is 31.1 Å². The van der Waals surface area contributed by atoms with E-state index in [9.17, 15) is 9.59 Å². The first-order chi connectivity index (χ1) is 9.04. The first-order valence-corrected chi connectivity index (χ1v) is 5.84. The number of ether oxygens (including phenoxy) is 1. The monoisotopic (exact) mass is 259 g/mol. The number of amides is 1. The second kappa shape index (κ2) is 7.16. The molecule has 0 radical (unpaired) electrons. The highest BCUT2D eigenvalue weighted by Gasteiger charge is 2.13. The Morgan fingerprint density at radius 1 is 1.16 bits per heavy atom. The molecular formula is C15H17NO3. The van der Waals surface area contributed by atoms with Crippen molar-refractivity contribution in [2.24, 2.45) is 0 Å². The summed E-state index contributed by atoms with van der Waals surface area (Å²) < 4.78 is 4.60. The van der Waals surface area contributed by atoms with Gasteiger partial charge in [-0.3, -0.25) is 4.79 Å². The van der Waals surface area contributed by atoms with Crippen molar-refractivity contribution in [3.8, 4) is 0 Å². The average Bonchev–Trinajstić information content (AvgIpc) is 2.42. The molecule has 0 saturated carbocycles. The molecule has 0 bridgehead atoms. The summed E-state index contributed by atoms with van der Waals surface area (Å²) in [5.74, 6) is -0.924. The van der Waals surface area contributed by atoms with Crippen molar-refractivity contribution in [1.29, 1.82) is 0 Å². The molecule has 0 aliphatic heterocycles. The van der Waals surface area contributed by atoms with Gasteiger partial charge in [0.2, 0.25) is 5.91 Å². The van der Waals surface area contributed by atoms with Crippen molar-refractivity contribution < 1.29 is 14.3 Å². The SMILES string of the molecule is COC(=O)C(NC(=O)C=Cc1ccccc1)=C(C)C. The molecule has 1 amide bonds. The fourth-order valence-corrected chi connectivity index (χ4v) is 1.38. The number of allylic oxidation sites excluding steroid dienone is 1. The maximum Gasteiger partial charge on any atom is 0.354 e. The number of carbonyl (C=O) groups is 2. The Labute approximate surface area is 112 Å². The Hall–Kier alpha value is -2.36. The van der Waals surface area contributed by atoms with Crippen LogP contribution in [0.1, 0.15) is 19.4 Å². The van der Waals surface area contributed by atoms with Gasteiger partial charge in [0.15, 0.2) is 0 Å². The number of benzene rings is 1. The molecule has 4 heteroatoms. The van der Waals surface area contributed by atoms with Gasteiger partial charge in [-0.1, -0.05) is 30.3 Å². The number of hydrogen-bond acceptors (Lipinski definition) is 3. The second-order valence-corrected chi connectivity index (χ2v) is 4.10. The molecule has 1 rings (SSSR count). The van der Waals surface area contributed by atoms with Crippen molar-refractivity contribution in [1.82, 2.24) is 5.32 Å². The zero-order valence-corrected chi connectivity index (χ0v) is 11.3. The number of rotatable bonds is 4. The first-order valence-electron chi connectivity index (χ1n) is 5.84. The number of esters is 1. The molecule has 1 N–H and O–H groups in total. The van der Waals surface area contributed by atoms with E-state index in [1.54, 1.807) is 19.9 Å². The van der Waals surface area contributed by atoms with E-state index in [2.05, 4.69) is 10.1 Å². The van der Waals surface area contributed by atoms with Crippen molar-refractivity contribution >= 4 is 18.0 Å². The maximum absolute atomic E-state index is 11.7. The first kappa shape index (κ1) is 14.7. The summed E-state index contributed by atoms with van der Waals surface area (Å²) in [5, 5.41) is 2.52. The van der Waals surface area contributed by atoms with Crippen LogP contribution in [-0.4, -0.2) is 19.0 Å². The van der Waals surface area contributed by atoms with E-state index in [1.165, 1.54) is 13.2 Å². The van der Waals surface area contributed by atoms with Crippen LogP contribution in [0.25, 0.3) is 6.08 Å². The maximum atomic E-state index is 11.7. The van der Waals surface area contributed by atoms with Crippen LogP contribution in [-0.2, 0) is 14.3 Å². The molecule has 19 heavy (non-hydrogen) atoms. The summed E-state index contributed by atoms with van der Waals surface area (Å²) in [6.45, 7) is 3.46. The Balaban J connectivity index is 2.72. The van der Waals surface area contributed by atoms with Crippen molar-refractivity contribution in [3.63, 3.8) is 0 Å². The lowest BCUT2D eigenvalue weighted by atomic mass is 10.2. The number of methoxy groups -OCH3 is 1. The predicted octanol–water partition coefficient (Wildman–Crippen LogP) is 2.28. The van der Waals surface area contributed by atoms with Gasteiger partial charge < -0.3 is 10.1 Å². The van der Waals surface area contributed by atoms with Gasteiger partial charge in [0.1, 0.15) is 5.70 Å². The lowest BCUT2D eigenvalue weighted by Gasteiger charge is -2.07. The van der Waals surface area contributed by atoms with Gasteiger partial charge in [-0.15, -0.1) is 0 Å². The molecule has 1 aromatic carbocycles. The third kappa shape index (κ3) is 4.79. The van der Waals surface area contributed by atoms with E-state index in [0.717, 1.165) is 5.56 Å². The zero-order chi connectivity index (χ0) is 14.3. The largest absolute Gasteiger partial charge is 0.464 e. The molecule has 1 aromatic rings. The fraction of sp³-hybridized carbons (Fsp3) is 0.200. The zero-order valence-electron chi connectivity index (χ0n) is 11.3. The smallest absolute Gasteiger partial charge is 0.354 e. The number of hydrogen-bond donors (Lipinski definition) is 1. The predicted molar refractivity (Wildman–Crippen MR) is 74.0 cm³/mol. The van der Waals surface area contributed by atoms with E-state index in [0.29, 0.717) is 5.57 Å². The van der Waals surface area contributed by atoms with Gasteiger partial charge in [-0.2, -0.15) is 0 Å².